The van der Waals surface area contributed by atoms with Crippen LogP contribution in [0.25, 0.3) is 0 Å². The lowest BCUT2D eigenvalue weighted by Crippen LogP contribution is -2.45. The zero-order valence-corrected chi connectivity index (χ0v) is 15.7. The fourth-order valence-corrected chi connectivity index (χ4v) is 3.16. The number of rotatable bonds is 9. The molecule has 1 fully saturated rings. The molecule has 1 aliphatic rings. The number of benzene rings is 1. The fraction of sp³-hybridized carbons (Fsp3) is 0.684. The first-order valence-corrected chi connectivity index (χ1v) is 8.97. The van der Waals surface area contributed by atoms with Crippen LogP contribution >= 0.6 is 0 Å². The first-order chi connectivity index (χ1) is 11.6. The Kier molecular flexibility index (Phi) is 7.82. The van der Waals surface area contributed by atoms with Gasteiger partial charge in [-0.3, -0.25) is 0 Å². The van der Waals surface area contributed by atoms with Crippen LogP contribution in [0.5, 0.6) is 11.5 Å². The SMILES string of the molecule is COc1ccc(CC(C)NCCCN2CCN(C)CC2)cc1OC. The average molecular weight is 335 g/mol. The number of ether oxygens (including phenoxy) is 2. The number of nitrogens with zero attached hydrogens (tertiary/aromatic N) is 2. The molecule has 0 amide bonds. The third-order valence-electron chi connectivity index (χ3n) is 4.73. The monoisotopic (exact) mass is 335 g/mol. The molecule has 0 aromatic heterocycles. The van der Waals surface area contributed by atoms with Crippen LogP contribution in [0.2, 0.25) is 0 Å². The van der Waals surface area contributed by atoms with E-state index in [2.05, 4.69) is 41.2 Å². The molecule has 0 spiro atoms. The minimum absolute atomic E-state index is 0.454. The average Bonchev–Trinajstić information content (AvgIpc) is 2.60. The van der Waals surface area contributed by atoms with Crippen molar-refractivity contribution >= 4 is 0 Å². The first-order valence-electron chi connectivity index (χ1n) is 8.97. The van der Waals surface area contributed by atoms with Gasteiger partial charge < -0.3 is 24.6 Å². The lowest BCUT2D eigenvalue weighted by molar-refractivity contribution is 0.152. The molecule has 136 valence electrons. The van der Waals surface area contributed by atoms with Crippen LogP contribution in [0.4, 0.5) is 0 Å². The van der Waals surface area contributed by atoms with E-state index < -0.39 is 0 Å². The van der Waals surface area contributed by atoms with Crippen LogP contribution in [0, 0.1) is 0 Å². The highest BCUT2D eigenvalue weighted by Gasteiger charge is 2.13. The number of piperazine rings is 1. The molecule has 0 radical (unpaired) electrons. The minimum atomic E-state index is 0.454. The van der Waals surface area contributed by atoms with Gasteiger partial charge in [-0.25, -0.2) is 0 Å². The predicted molar refractivity (Wildman–Crippen MR) is 99.3 cm³/mol. The summed E-state index contributed by atoms with van der Waals surface area (Å²) in [5.41, 5.74) is 1.27. The van der Waals surface area contributed by atoms with Gasteiger partial charge in [-0.15, -0.1) is 0 Å². The molecule has 5 heteroatoms. The molecule has 1 heterocycles. The van der Waals surface area contributed by atoms with Gasteiger partial charge in [0.15, 0.2) is 11.5 Å². The van der Waals surface area contributed by atoms with E-state index in [0.29, 0.717) is 6.04 Å². The van der Waals surface area contributed by atoms with Gasteiger partial charge >= 0.3 is 0 Å². The van der Waals surface area contributed by atoms with Gasteiger partial charge in [0.05, 0.1) is 14.2 Å². The highest BCUT2D eigenvalue weighted by atomic mass is 16.5. The highest BCUT2D eigenvalue weighted by Crippen LogP contribution is 2.27. The molecule has 0 aliphatic carbocycles. The van der Waals surface area contributed by atoms with E-state index >= 15 is 0 Å². The molecule has 0 bridgehead atoms. The summed E-state index contributed by atoms with van der Waals surface area (Å²) in [7, 11) is 5.55. The Bertz CT molecular complexity index is 488. The maximum atomic E-state index is 5.38. The summed E-state index contributed by atoms with van der Waals surface area (Å²) in [5, 5.41) is 3.64. The Labute approximate surface area is 146 Å². The molecule has 1 aromatic carbocycles. The van der Waals surface area contributed by atoms with Crippen molar-refractivity contribution in [2.75, 3.05) is 60.5 Å². The Morgan fingerprint density at radius 1 is 1.08 bits per heavy atom. The molecular weight excluding hydrogens is 302 g/mol. The van der Waals surface area contributed by atoms with Gasteiger partial charge in [-0.1, -0.05) is 6.07 Å². The molecule has 0 saturated carbocycles. The van der Waals surface area contributed by atoms with E-state index in [-0.39, 0.29) is 0 Å². The number of nitrogens with one attached hydrogen (secondary N) is 1. The second kappa shape index (κ2) is 9.87. The molecular formula is C19H33N3O2. The van der Waals surface area contributed by atoms with Crippen LogP contribution < -0.4 is 14.8 Å². The zero-order chi connectivity index (χ0) is 17.4. The lowest BCUT2D eigenvalue weighted by atomic mass is 10.1. The normalized spacial score (nSPS) is 17.7. The number of likely N-dealkylation sites (N-methyl/N-ethyl adjacent to an activating group) is 1. The highest BCUT2D eigenvalue weighted by molar-refractivity contribution is 5.43. The number of hydrogen-bond acceptors (Lipinski definition) is 5. The second-order valence-corrected chi connectivity index (χ2v) is 6.75. The van der Waals surface area contributed by atoms with Gasteiger partial charge in [0, 0.05) is 32.2 Å². The van der Waals surface area contributed by atoms with E-state index in [1.165, 1.54) is 44.7 Å². The Balaban J connectivity index is 1.67. The maximum absolute atomic E-state index is 5.38. The van der Waals surface area contributed by atoms with Crippen LogP contribution in [0.3, 0.4) is 0 Å². The van der Waals surface area contributed by atoms with Crippen LogP contribution in [-0.4, -0.2) is 76.4 Å². The molecule has 1 saturated heterocycles. The van der Waals surface area contributed by atoms with Crippen molar-refractivity contribution in [3.63, 3.8) is 0 Å². The van der Waals surface area contributed by atoms with Crippen molar-refractivity contribution in [2.24, 2.45) is 0 Å². The Morgan fingerprint density at radius 3 is 2.46 bits per heavy atom. The van der Waals surface area contributed by atoms with E-state index in [9.17, 15) is 0 Å². The van der Waals surface area contributed by atoms with Gasteiger partial charge in [-0.2, -0.15) is 0 Å². The topological polar surface area (TPSA) is 37.0 Å². The second-order valence-electron chi connectivity index (χ2n) is 6.75. The largest absolute Gasteiger partial charge is 0.493 e. The standard InChI is InChI=1S/C19H33N3O2/c1-16(14-17-6-7-18(23-3)19(15-17)24-4)20-8-5-9-22-12-10-21(2)11-13-22/h6-7,15-16,20H,5,8-14H2,1-4H3. The molecule has 24 heavy (non-hydrogen) atoms. The zero-order valence-electron chi connectivity index (χ0n) is 15.7. The Morgan fingerprint density at radius 2 is 1.79 bits per heavy atom. The van der Waals surface area contributed by atoms with Crippen molar-refractivity contribution in [2.45, 2.75) is 25.8 Å². The summed E-state index contributed by atoms with van der Waals surface area (Å²) >= 11 is 0. The Hall–Kier alpha value is -1.30. The molecule has 1 aromatic rings. The summed E-state index contributed by atoms with van der Waals surface area (Å²) in [6, 6.07) is 6.62. The molecule has 1 atom stereocenters. The number of hydrogen-bond donors (Lipinski definition) is 1. The fourth-order valence-electron chi connectivity index (χ4n) is 3.16. The molecule has 1 unspecified atom stereocenters. The molecule has 1 N–H and O–H groups in total. The summed E-state index contributed by atoms with van der Waals surface area (Å²) in [5.74, 6) is 1.59. The molecule has 5 nitrogen and oxygen atoms in total. The third-order valence-corrected chi connectivity index (χ3v) is 4.73. The van der Waals surface area contributed by atoms with Crippen molar-refractivity contribution < 1.29 is 9.47 Å². The van der Waals surface area contributed by atoms with Crippen LogP contribution in [-0.2, 0) is 6.42 Å². The van der Waals surface area contributed by atoms with E-state index in [4.69, 9.17) is 9.47 Å². The van der Waals surface area contributed by atoms with Crippen LogP contribution in [0.15, 0.2) is 18.2 Å². The van der Waals surface area contributed by atoms with E-state index in [0.717, 1.165) is 24.5 Å². The summed E-state index contributed by atoms with van der Waals surface area (Å²) in [6.45, 7) is 9.32. The quantitative estimate of drug-likeness (QED) is 0.697. The third kappa shape index (κ3) is 5.96. The van der Waals surface area contributed by atoms with Crippen LogP contribution in [0.1, 0.15) is 18.9 Å². The van der Waals surface area contributed by atoms with E-state index in [1.54, 1.807) is 14.2 Å². The van der Waals surface area contributed by atoms with E-state index in [1.807, 2.05) is 6.07 Å². The smallest absolute Gasteiger partial charge is 0.160 e. The van der Waals surface area contributed by atoms with Crippen molar-refractivity contribution in [3.05, 3.63) is 23.8 Å². The summed E-state index contributed by atoms with van der Waals surface area (Å²) in [4.78, 5) is 4.97. The minimum Gasteiger partial charge on any atom is -0.493 e. The van der Waals surface area contributed by atoms with Gasteiger partial charge in [0.1, 0.15) is 0 Å². The predicted octanol–water partition coefficient (Wildman–Crippen LogP) is 1.86. The van der Waals surface area contributed by atoms with Gasteiger partial charge in [0.2, 0.25) is 0 Å². The number of methoxy groups -OCH3 is 2. The van der Waals surface area contributed by atoms with Gasteiger partial charge in [0.25, 0.3) is 0 Å². The molecule has 1 aliphatic heterocycles. The van der Waals surface area contributed by atoms with Gasteiger partial charge in [-0.05, 0) is 57.6 Å². The van der Waals surface area contributed by atoms with Crippen molar-refractivity contribution in [3.8, 4) is 11.5 Å². The van der Waals surface area contributed by atoms with Crippen molar-refractivity contribution in [1.29, 1.82) is 0 Å². The van der Waals surface area contributed by atoms with Crippen molar-refractivity contribution in [1.82, 2.24) is 15.1 Å². The molecule has 2 rings (SSSR count). The first kappa shape index (κ1) is 19.0. The summed E-state index contributed by atoms with van der Waals surface area (Å²) in [6.07, 6.45) is 2.20. The lowest BCUT2D eigenvalue weighted by Gasteiger charge is -2.32. The summed E-state index contributed by atoms with van der Waals surface area (Å²) < 4.78 is 10.7. The maximum Gasteiger partial charge on any atom is 0.160 e.